The van der Waals surface area contributed by atoms with Crippen molar-refractivity contribution in [1.82, 2.24) is 4.98 Å². The molecule has 4 N–H and O–H groups in total. The lowest BCUT2D eigenvalue weighted by Gasteiger charge is -2.12. The maximum atomic E-state index is 12.6. The highest BCUT2D eigenvalue weighted by Gasteiger charge is 2.16. The number of nitrogens with one attached hydrogen (secondary N) is 2. The van der Waals surface area contributed by atoms with Crippen LogP contribution < -0.4 is 11.1 Å². The van der Waals surface area contributed by atoms with E-state index < -0.39 is 5.91 Å². The van der Waals surface area contributed by atoms with Crippen LogP contribution in [0.5, 0.6) is 0 Å². The Morgan fingerprint density at radius 1 is 1.30 bits per heavy atom. The summed E-state index contributed by atoms with van der Waals surface area (Å²) in [6, 6.07) is 8.64. The number of pyridine rings is 1. The maximum Gasteiger partial charge on any atom is 0.274 e. The fourth-order valence-electron chi connectivity index (χ4n) is 2.65. The van der Waals surface area contributed by atoms with E-state index in [0.29, 0.717) is 33.6 Å². The maximum absolute atomic E-state index is 12.6. The van der Waals surface area contributed by atoms with Gasteiger partial charge in [0, 0.05) is 28.7 Å². The second-order valence-electron chi connectivity index (χ2n) is 6.03. The van der Waals surface area contributed by atoms with E-state index >= 15 is 0 Å². The SMILES string of the molecule is Cc1c(C#N)cnc(C(=O)Nc2ccc(N)c(C(=N)c3ccoc3)c2)c1C. The number of carbonyl (C=O) groups is 1. The third kappa shape index (κ3) is 3.41. The number of furan rings is 1. The number of rotatable bonds is 4. The number of hydrogen-bond acceptors (Lipinski definition) is 6. The molecule has 3 rings (SSSR count). The number of benzene rings is 1. The van der Waals surface area contributed by atoms with Crippen molar-refractivity contribution in [2.24, 2.45) is 0 Å². The van der Waals surface area contributed by atoms with Crippen molar-refractivity contribution in [2.75, 3.05) is 11.1 Å². The zero-order valence-electron chi connectivity index (χ0n) is 14.8. The van der Waals surface area contributed by atoms with E-state index in [4.69, 9.17) is 20.8 Å². The summed E-state index contributed by atoms with van der Waals surface area (Å²) in [4.78, 5) is 16.7. The number of carbonyl (C=O) groups excluding carboxylic acids is 1. The number of amides is 1. The van der Waals surface area contributed by atoms with E-state index in [-0.39, 0.29) is 11.4 Å². The summed E-state index contributed by atoms with van der Waals surface area (Å²) >= 11 is 0. The van der Waals surface area contributed by atoms with Crippen molar-refractivity contribution in [3.63, 3.8) is 0 Å². The molecule has 0 unspecified atom stereocenters. The molecule has 0 fully saturated rings. The number of nitriles is 1. The zero-order valence-corrected chi connectivity index (χ0v) is 14.8. The molecule has 0 aliphatic rings. The molecule has 0 atom stereocenters. The van der Waals surface area contributed by atoms with Gasteiger partial charge in [-0.3, -0.25) is 10.2 Å². The van der Waals surface area contributed by atoms with Crippen LogP contribution in [0.1, 0.15) is 38.3 Å². The van der Waals surface area contributed by atoms with E-state index in [1.54, 1.807) is 38.1 Å². The van der Waals surface area contributed by atoms with Gasteiger partial charge in [0.05, 0.1) is 23.8 Å². The van der Waals surface area contributed by atoms with Gasteiger partial charge in [-0.25, -0.2) is 4.98 Å². The van der Waals surface area contributed by atoms with E-state index in [2.05, 4.69) is 16.4 Å². The minimum Gasteiger partial charge on any atom is -0.472 e. The molecule has 0 aliphatic heterocycles. The van der Waals surface area contributed by atoms with Crippen molar-refractivity contribution in [1.29, 1.82) is 10.7 Å². The number of nitrogens with two attached hydrogens (primary N) is 1. The van der Waals surface area contributed by atoms with Crippen molar-refractivity contribution >= 4 is 23.0 Å². The summed E-state index contributed by atoms with van der Waals surface area (Å²) in [5.41, 5.74) is 10.2. The Kier molecular flexibility index (Phi) is 4.73. The highest BCUT2D eigenvalue weighted by atomic mass is 16.3. The fraction of sp³-hybridized carbons (Fsp3) is 0.100. The largest absolute Gasteiger partial charge is 0.472 e. The van der Waals surface area contributed by atoms with Crippen LogP contribution >= 0.6 is 0 Å². The minimum absolute atomic E-state index is 0.195. The van der Waals surface area contributed by atoms with Gasteiger partial charge in [-0.2, -0.15) is 5.26 Å². The summed E-state index contributed by atoms with van der Waals surface area (Å²) in [7, 11) is 0. The Morgan fingerprint density at radius 2 is 2.07 bits per heavy atom. The number of anilines is 2. The van der Waals surface area contributed by atoms with Crippen molar-refractivity contribution in [3.8, 4) is 6.07 Å². The van der Waals surface area contributed by atoms with Gasteiger partial charge in [0.2, 0.25) is 0 Å². The molecular weight excluding hydrogens is 342 g/mol. The Labute approximate surface area is 156 Å². The Hall–Kier alpha value is -3.92. The molecule has 0 saturated carbocycles. The van der Waals surface area contributed by atoms with Gasteiger partial charge in [0.1, 0.15) is 11.8 Å². The Balaban J connectivity index is 1.90. The fourth-order valence-corrected chi connectivity index (χ4v) is 2.65. The van der Waals surface area contributed by atoms with E-state index in [1.807, 2.05) is 0 Å². The molecule has 0 spiro atoms. The van der Waals surface area contributed by atoms with Gasteiger partial charge < -0.3 is 15.5 Å². The first-order valence-corrected chi connectivity index (χ1v) is 8.11. The van der Waals surface area contributed by atoms with Crippen LogP contribution in [0.15, 0.2) is 47.4 Å². The molecule has 0 radical (unpaired) electrons. The molecule has 3 aromatic rings. The molecular formula is C20H17N5O2. The normalized spacial score (nSPS) is 10.3. The molecule has 1 amide bonds. The lowest BCUT2D eigenvalue weighted by atomic mass is 10.0. The van der Waals surface area contributed by atoms with Crippen molar-refractivity contribution in [3.05, 3.63) is 76.5 Å². The molecule has 7 heteroatoms. The molecule has 0 bridgehead atoms. The third-order valence-corrected chi connectivity index (χ3v) is 4.37. The second kappa shape index (κ2) is 7.14. The molecule has 1 aromatic carbocycles. The topological polar surface area (TPSA) is 129 Å². The van der Waals surface area contributed by atoms with Crippen LogP contribution in [0.3, 0.4) is 0 Å². The molecule has 0 saturated heterocycles. The lowest BCUT2D eigenvalue weighted by Crippen LogP contribution is -2.17. The lowest BCUT2D eigenvalue weighted by molar-refractivity contribution is 0.102. The highest BCUT2D eigenvalue weighted by molar-refractivity contribution is 6.14. The average Bonchev–Trinajstić information content (AvgIpc) is 3.19. The molecule has 2 aromatic heterocycles. The van der Waals surface area contributed by atoms with Crippen molar-refractivity contribution < 1.29 is 9.21 Å². The highest BCUT2D eigenvalue weighted by Crippen LogP contribution is 2.23. The molecule has 0 aliphatic carbocycles. The average molecular weight is 359 g/mol. The quantitative estimate of drug-likeness (QED) is 0.485. The third-order valence-electron chi connectivity index (χ3n) is 4.37. The van der Waals surface area contributed by atoms with Crippen molar-refractivity contribution in [2.45, 2.75) is 13.8 Å². The van der Waals surface area contributed by atoms with Crippen LogP contribution in [0, 0.1) is 30.6 Å². The summed E-state index contributed by atoms with van der Waals surface area (Å²) in [6.45, 7) is 3.53. The van der Waals surface area contributed by atoms with E-state index in [0.717, 1.165) is 5.56 Å². The number of aromatic nitrogens is 1. The van der Waals surface area contributed by atoms with Crippen LogP contribution in [-0.4, -0.2) is 16.6 Å². The first-order valence-electron chi connectivity index (χ1n) is 8.11. The first-order chi connectivity index (χ1) is 12.9. The zero-order chi connectivity index (χ0) is 19.6. The molecule has 2 heterocycles. The van der Waals surface area contributed by atoms with Crippen LogP contribution in [0.4, 0.5) is 11.4 Å². The predicted molar refractivity (Wildman–Crippen MR) is 102 cm³/mol. The number of hydrogen-bond donors (Lipinski definition) is 3. The van der Waals surface area contributed by atoms with Gasteiger partial charge in [-0.1, -0.05) is 0 Å². The number of nitrogen functional groups attached to an aromatic ring is 1. The van der Waals surface area contributed by atoms with Crippen LogP contribution in [-0.2, 0) is 0 Å². The Bertz CT molecular complexity index is 1080. The first kappa shape index (κ1) is 17.9. The van der Waals surface area contributed by atoms with Gasteiger partial charge in [-0.05, 0) is 49.2 Å². The standard InChI is InChI=1S/C20H17N5O2/c1-11-12(2)19(24-9-14(11)8-21)20(26)25-15-3-4-17(22)16(7-15)18(23)13-5-6-27-10-13/h3-7,9-10,23H,22H2,1-2H3,(H,25,26). The van der Waals surface area contributed by atoms with Gasteiger partial charge in [-0.15, -0.1) is 0 Å². The van der Waals surface area contributed by atoms with Gasteiger partial charge in [0.25, 0.3) is 5.91 Å². The Morgan fingerprint density at radius 3 is 2.74 bits per heavy atom. The van der Waals surface area contributed by atoms with Gasteiger partial charge >= 0.3 is 0 Å². The summed E-state index contributed by atoms with van der Waals surface area (Å²) in [6.07, 6.45) is 4.33. The monoisotopic (exact) mass is 359 g/mol. The minimum atomic E-state index is -0.398. The van der Waals surface area contributed by atoms with Gasteiger partial charge in [0.15, 0.2) is 0 Å². The summed E-state index contributed by atoms with van der Waals surface area (Å²) in [5.74, 6) is -0.398. The summed E-state index contributed by atoms with van der Waals surface area (Å²) < 4.78 is 5.01. The summed E-state index contributed by atoms with van der Waals surface area (Å²) in [5, 5.41) is 20.1. The molecule has 134 valence electrons. The second-order valence-corrected chi connectivity index (χ2v) is 6.03. The van der Waals surface area contributed by atoms with Crippen LogP contribution in [0.2, 0.25) is 0 Å². The van der Waals surface area contributed by atoms with Crippen LogP contribution in [0.25, 0.3) is 0 Å². The van der Waals surface area contributed by atoms with E-state index in [1.165, 1.54) is 18.7 Å². The number of nitrogens with zero attached hydrogens (tertiary/aromatic N) is 2. The molecule has 7 nitrogen and oxygen atoms in total. The predicted octanol–water partition coefficient (Wildman–Crippen LogP) is 3.41. The smallest absolute Gasteiger partial charge is 0.274 e. The molecule has 27 heavy (non-hydrogen) atoms. The van der Waals surface area contributed by atoms with E-state index in [9.17, 15) is 4.79 Å².